The second kappa shape index (κ2) is 7.41. The van der Waals surface area contributed by atoms with Gasteiger partial charge in [-0.1, -0.05) is 19.1 Å². The van der Waals surface area contributed by atoms with Crippen LogP contribution in [0.4, 0.5) is 4.39 Å². The SMILES string of the molecule is CCC1CCC(c2cccc(F)c2)N1.CCO. The van der Waals surface area contributed by atoms with Crippen molar-refractivity contribution in [1.29, 1.82) is 0 Å². The van der Waals surface area contributed by atoms with Crippen molar-refractivity contribution in [2.45, 2.75) is 45.2 Å². The average molecular weight is 239 g/mol. The summed E-state index contributed by atoms with van der Waals surface area (Å²) < 4.78 is 13.0. The van der Waals surface area contributed by atoms with Gasteiger partial charge in [0.1, 0.15) is 5.82 Å². The van der Waals surface area contributed by atoms with Crippen molar-refractivity contribution < 1.29 is 9.50 Å². The minimum Gasteiger partial charge on any atom is -0.397 e. The highest BCUT2D eigenvalue weighted by Gasteiger charge is 2.23. The number of nitrogens with one attached hydrogen (secondary N) is 1. The van der Waals surface area contributed by atoms with Crippen LogP contribution in [0.5, 0.6) is 0 Å². The van der Waals surface area contributed by atoms with E-state index in [0.717, 1.165) is 18.4 Å². The van der Waals surface area contributed by atoms with Gasteiger partial charge in [0.25, 0.3) is 0 Å². The lowest BCUT2D eigenvalue weighted by Gasteiger charge is -2.13. The van der Waals surface area contributed by atoms with Crippen molar-refractivity contribution in [3.63, 3.8) is 0 Å². The van der Waals surface area contributed by atoms with Gasteiger partial charge < -0.3 is 10.4 Å². The zero-order valence-electron chi connectivity index (χ0n) is 10.6. The molecule has 1 saturated heterocycles. The van der Waals surface area contributed by atoms with Crippen LogP contribution >= 0.6 is 0 Å². The fraction of sp³-hybridized carbons (Fsp3) is 0.571. The Labute approximate surface area is 103 Å². The Bertz CT molecular complexity index is 330. The molecule has 0 aromatic heterocycles. The van der Waals surface area contributed by atoms with Crippen LogP contribution in [0.15, 0.2) is 24.3 Å². The molecule has 3 heteroatoms. The fourth-order valence-corrected chi connectivity index (χ4v) is 2.13. The Kier molecular flexibility index (Phi) is 6.16. The van der Waals surface area contributed by atoms with E-state index in [-0.39, 0.29) is 12.4 Å². The van der Waals surface area contributed by atoms with E-state index in [1.165, 1.54) is 12.5 Å². The number of hydrogen-bond donors (Lipinski definition) is 2. The van der Waals surface area contributed by atoms with Crippen molar-refractivity contribution in [3.8, 4) is 0 Å². The van der Waals surface area contributed by atoms with Crippen LogP contribution in [0.3, 0.4) is 0 Å². The van der Waals surface area contributed by atoms with Crippen LogP contribution in [0.1, 0.15) is 44.7 Å². The second-order valence-corrected chi connectivity index (χ2v) is 4.27. The summed E-state index contributed by atoms with van der Waals surface area (Å²) in [7, 11) is 0. The first kappa shape index (κ1) is 14.1. The van der Waals surface area contributed by atoms with Gasteiger partial charge in [0.2, 0.25) is 0 Å². The zero-order chi connectivity index (χ0) is 12.7. The van der Waals surface area contributed by atoms with E-state index in [1.54, 1.807) is 19.1 Å². The maximum atomic E-state index is 13.0. The third kappa shape index (κ3) is 4.44. The molecule has 2 nitrogen and oxygen atoms in total. The average Bonchev–Trinajstić information content (AvgIpc) is 2.78. The molecule has 17 heavy (non-hydrogen) atoms. The molecular formula is C14H22FNO. The van der Waals surface area contributed by atoms with Crippen LogP contribution in [-0.2, 0) is 0 Å². The molecule has 1 fully saturated rings. The molecule has 1 heterocycles. The lowest BCUT2D eigenvalue weighted by molar-refractivity contribution is 0.318. The summed E-state index contributed by atoms with van der Waals surface area (Å²) in [5.41, 5.74) is 1.08. The molecule has 1 aromatic carbocycles. The summed E-state index contributed by atoms with van der Waals surface area (Å²) in [6, 6.07) is 7.88. The van der Waals surface area contributed by atoms with Gasteiger partial charge in [-0.25, -0.2) is 4.39 Å². The molecule has 0 saturated carbocycles. The maximum Gasteiger partial charge on any atom is 0.123 e. The van der Waals surface area contributed by atoms with E-state index >= 15 is 0 Å². The smallest absolute Gasteiger partial charge is 0.123 e. The van der Waals surface area contributed by atoms with Crippen LogP contribution in [0.25, 0.3) is 0 Å². The normalized spacial score (nSPS) is 23.1. The highest BCUT2D eigenvalue weighted by molar-refractivity contribution is 5.21. The van der Waals surface area contributed by atoms with Gasteiger partial charge in [0.05, 0.1) is 0 Å². The van der Waals surface area contributed by atoms with Crippen LogP contribution in [-0.4, -0.2) is 17.8 Å². The van der Waals surface area contributed by atoms with Crippen LogP contribution in [0.2, 0.25) is 0 Å². The number of aliphatic hydroxyl groups is 1. The first-order chi connectivity index (χ1) is 8.21. The monoisotopic (exact) mass is 239 g/mol. The van der Waals surface area contributed by atoms with E-state index in [0.29, 0.717) is 12.1 Å². The fourth-order valence-electron chi connectivity index (χ4n) is 2.13. The Morgan fingerprint density at radius 1 is 1.35 bits per heavy atom. The Hall–Kier alpha value is -0.930. The van der Waals surface area contributed by atoms with Crippen molar-refractivity contribution in [3.05, 3.63) is 35.6 Å². The van der Waals surface area contributed by atoms with Gasteiger partial charge in [0, 0.05) is 18.7 Å². The lowest BCUT2D eigenvalue weighted by Crippen LogP contribution is -2.23. The van der Waals surface area contributed by atoms with Gasteiger partial charge in [-0.2, -0.15) is 0 Å². The van der Waals surface area contributed by atoms with E-state index in [4.69, 9.17) is 5.11 Å². The van der Waals surface area contributed by atoms with E-state index < -0.39 is 0 Å². The predicted molar refractivity (Wildman–Crippen MR) is 68.3 cm³/mol. The lowest BCUT2D eigenvalue weighted by atomic mass is 10.1. The quantitative estimate of drug-likeness (QED) is 0.831. The highest BCUT2D eigenvalue weighted by Crippen LogP contribution is 2.27. The maximum absolute atomic E-state index is 13.0. The summed E-state index contributed by atoms with van der Waals surface area (Å²) >= 11 is 0. The van der Waals surface area contributed by atoms with E-state index in [9.17, 15) is 4.39 Å². The molecule has 0 bridgehead atoms. The summed E-state index contributed by atoms with van der Waals surface area (Å²) in [4.78, 5) is 0. The molecule has 2 N–H and O–H groups in total. The number of rotatable bonds is 2. The summed E-state index contributed by atoms with van der Waals surface area (Å²) in [6.07, 6.45) is 3.49. The number of aliphatic hydroxyl groups excluding tert-OH is 1. The molecule has 2 atom stereocenters. The number of benzene rings is 1. The molecule has 96 valence electrons. The van der Waals surface area contributed by atoms with Crippen molar-refractivity contribution in [1.82, 2.24) is 5.32 Å². The van der Waals surface area contributed by atoms with Gasteiger partial charge in [-0.05, 0) is 43.9 Å². The topological polar surface area (TPSA) is 32.3 Å². The van der Waals surface area contributed by atoms with Gasteiger partial charge in [0.15, 0.2) is 0 Å². The Morgan fingerprint density at radius 2 is 2.06 bits per heavy atom. The molecule has 0 radical (unpaired) electrons. The third-order valence-electron chi connectivity index (χ3n) is 2.98. The minimum absolute atomic E-state index is 0.135. The molecule has 1 aliphatic rings. The summed E-state index contributed by atoms with van der Waals surface area (Å²) in [5.74, 6) is -0.135. The predicted octanol–water partition coefficient (Wildman–Crippen LogP) is 3.03. The Morgan fingerprint density at radius 3 is 2.59 bits per heavy atom. The molecule has 2 rings (SSSR count). The summed E-state index contributed by atoms with van der Waals surface area (Å²) in [5, 5.41) is 11.1. The molecule has 1 aromatic rings. The van der Waals surface area contributed by atoms with Gasteiger partial charge >= 0.3 is 0 Å². The third-order valence-corrected chi connectivity index (χ3v) is 2.98. The molecule has 2 unspecified atom stereocenters. The molecule has 0 aliphatic carbocycles. The van der Waals surface area contributed by atoms with Crippen molar-refractivity contribution >= 4 is 0 Å². The standard InChI is InChI=1S/C12H16FN.C2H6O/c1-2-11-6-7-12(14-11)9-4-3-5-10(13)8-9;1-2-3/h3-5,8,11-12,14H,2,6-7H2,1H3;3H,2H2,1H3. The largest absolute Gasteiger partial charge is 0.397 e. The summed E-state index contributed by atoms with van der Waals surface area (Å²) in [6.45, 7) is 4.12. The highest BCUT2D eigenvalue weighted by atomic mass is 19.1. The Balaban J connectivity index is 0.000000437. The van der Waals surface area contributed by atoms with Crippen LogP contribution < -0.4 is 5.32 Å². The van der Waals surface area contributed by atoms with Gasteiger partial charge in [-0.15, -0.1) is 0 Å². The number of hydrogen-bond acceptors (Lipinski definition) is 2. The van der Waals surface area contributed by atoms with Crippen molar-refractivity contribution in [2.75, 3.05) is 6.61 Å². The first-order valence-electron chi connectivity index (χ1n) is 6.33. The van der Waals surface area contributed by atoms with Crippen molar-refractivity contribution in [2.24, 2.45) is 0 Å². The van der Waals surface area contributed by atoms with E-state index in [1.807, 2.05) is 6.07 Å². The first-order valence-corrected chi connectivity index (χ1v) is 6.33. The van der Waals surface area contributed by atoms with E-state index in [2.05, 4.69) is 12.2 Å². The molecule has 0 amide bonds. The minimum atomic E-state index is -0.135. The second-order valence-electron chi connectivity index (χ2n) is 4.27. The van der Waals surface area contributed by atoms with Gasteiger partial charge in [-0.3, -0.25) is 0 Å². The number of halogens is 1. The van der Waals surface area contributed by atoms with Crippen LogP contribution in [0, 0.1) is 5.82 Å². The molecule has 1 aliphatic heterocycles. The zero-order valence-corrected chi connectivity index (χ0v) is 10.6. The molecular weight excluding hydrogens is 217 g/mol. The molecule has 0 spiro atoms.